The van der Waals surface area contributed by atoms with Crippen LogP contribution in [0.2, 0.25) is 0 Å². The first-order valence-electron chi connectivity index (χ1n) is 7.82. The van der Waals surface area contributed by atoms with Crippen LogP contribution in [0, 0.1) is 6.92 Å². The maximum Gasteiger partial charge on any atom is 0.251 e. The second-order valence-electron chi connectivity index (χ2n) is 5.69. The summed E-state index contributed by atoms with van der Waals surface area (Å²) in [6, 6.07) is 9.84. The summed E-state index contributed by atoms with van der Waals surface area (Å²) >= 11 is 4.95. The van der Waals surface area contributed by atoms with E-state index in [2.05, 4.69) is 5.32 Å². The van der Waals surface area contributed by atoms with E-state index in [-0.39, 0.29) is 16.5 Å². The lowest BCUT2D eigenvalue weighted by Crippen LogP contribution is -2.33. The number of thiocarbonyl (C=S) groups is 1. The van der Waals surface area contributed by atoms with Gasteiger partial charge < -0.3 is 15.6 Å². The number of carbonyl (C=O) groups excluding carboxylic acids is 1. The highest BCUT2D eigenvalue weighted by Gasteiger charge is 2.20. The van der Waals surface area contributed by atoms with Gasteiger partial charge >= 0.3 is 0 Å². The highest BCUT2D eigenvalue weighted by Crippen LogP contribution is 2.17. The molecule has 0 radical (unpaired) electrons. The number of anilines is 1. The Morgan fingerprint density at radius 2 is 2.08 bits per heavy atom. The van der Waals surface area contributed by atoms with Gasteiger partial charge in [-0.1, -0.05) is 37.7 Å². The first-order valence-corrected chi connectivity index (χ1v) is 8.22. The maximum absolute atomic E-state index is 12.7. The summed E-state index contributed by atoms with van der Waals surface area (Å²) in [5.41, 5.74) is 7.60. The molecule has 1 aromatic heterocycles. The molecular formula is C18H21N3O2S. The van der Waals surface area contributed by atoms with Crippen LogP contribution in [-0.4, -0.2) is 15.5 Å². The lowest BCUT2D eigenvalue weighted by atomic mass is 10.1. The van der Waals surface area contributed by atoms with Crippen molar-refractivity contribution in [3.8, 4) is 0 Å². The first kappa shape index (κ1) is 17.9. The molecule has 5 nitrogen and oxygen atoms in total. The molecule has 2 aromatic rings. The smallest absolute Gasteiger partial charge is 0.251 e. The van der Waals surface area contributed by atoms with E-state index in [0.717, 1.165) is 12.0 Å². The molecule has 1 atom stereocenters. The Morgan fingerprint density at radius 1 is 1.33 bits per heavy atom. The van der Waals surface area contributed by atoms with E-state index < -0.39 is 6.04 Å². The Balaban J connectivity index is 2.28. The lowest BCUT2D eigenvalue weighted by Gasteiger charge is -2.19. The maximum atomic E-state index is 12.7. The zero-order valence-corrected chi connectivity index (χ0v) is 14.6. The van der Waals surface area contributed by atoms with Gasteiger partial charge in [0.2, 0.25) is 5.91 Å². The number of nitrogens with two attached hydrogens (primary N) is 1. The molecule has 3 N–H and O–H groups in total. The van der Waals surface area contributed by atoms with Gasteiger partial charge in [-0.3, -0.25) is 9.59 Å². The average molecular weight is 343 g/mol. The topological polar surface area (TPSA) is 77.1 Å². The van der Waals surface area contributed by atoms with Crippen molar-refractivity contribution in [2.75, 3.05) is 5.32 Å². The van der Waals surface area contributed by atoms with E-state index in [1.54, 1.807) is 30.5 Å². The predicted octanol–water partition coefficient (Wildman–Crippen LogP) is 2.77. The number of pyridine rings is 1. The Morgan fingerprint density at radius 3 is 2.71 bits per heavy atom. The predicted molar refractivity (Wildman–Crippen MR) is 100 cm³/mol. The fourth-order valence-corrected chi connectivity index (χ4v) is 2.62. The number of benzene rings is 1. The van der Waals surface area contributed by atoms with Crippen molar-refractivity contribution in [3.63, 3.8) is 0 Å². The number of amides is 1. The molecule has 1 unspecified atom stereocenters. The largest absolute Gasteiger partial charge is 0.389 e. The number of aromatic nitrogens is 1. The van der Waals surface area contributed by atoms with Crippen LogP contribution in [0.4, 0.5) is 5.69 Å². The number of hydrogen-bond donors (Lipinski definition) is 2. The molecular weight excluding hydrogens is 322 g/mol. The standard InChI is InChI=1S/C18H21N3O2S/c1-3-5-15(21-9-8-12(2)10-16(21)22)18(23)20-14-7-4-6-13(11-14)17(19)24/h4,6-11,15H,3,5H2,1-2H3,(H2,19,24)(H,20,23). The Bertz CT molecular complexity index is 814. The molecule has 6 heteroatoms. The zero-order valence-electron chi connectivity index (χ0n) is 13.8. The van der Waals surface area contributed by atoms with E-state index in [1.807, 2.05) is 19.9 Å². The summed E-state index contributed by atoms with van der Waals surface area (Å²) in [4.78, 5) is 25.2. The minimum atomic E-state index is -0.559. The second-order valence-corrected chi connectivity index (χ2v) is 6.13. The second kappa shape index (κ2) is 7.88. The molecule has 0 saturated heterocycles. The Labute approximate surface area is 146 Å². The molecule has 2 rings (SSSR count). The average Bonchev–Trinajstić information content (AvgIpc) is 2.53. The number of hydrogen-bond acceptors (Lipinski definition) is 3. The molecule has 0 bridgehead atoms. The normalized spacial score (nSPS) is 11.8. The minimum absolute atomic E-state index is 0.180. The summed E-state index contributed by atoms with van der Waals surface area (Å²) in [6.07, 6.45) is 3.03. The first-order chi connectivity index (χ1) is 11.4. The van der Waals surface area contributed by atoms with Crippen LogP contribution in [0.25, 0.3) is 0 Å². The Hall–Kier alpha value is -2.47. The van der Waals surface area contributed by atoms with Crippen molar-refractivity contribution >= 4 is 28.8 Å². The quantitative estimate of drug-likeness (QED) is 0.791. The summed E-state index contributed by atoms with van der Waals surface area (Å²) < 4.78 is 1.48. The third-order valence-electron chi connectivity index (χ3n) is 3.72. The van der Waals surface area contributed by atoms with Crippen molar-refractivity contribution in [1.82, 2.24) is 4.57 Å². The van der Waals surface area contributed by atoms with E-state index >= 15 is 0 Å². The third-order valence-corrected chi connectivity index (χ3v) is 3.95. The number of aryl methyl sites for hydroxylation is 1. The van der Waals surface area contributed by atoms with Gasteiger partial charge in [0.1, 0.15) is 11.0 Å². The summed E-state index contributed by atoms with van der Waals surface area (Å²) in [5.74, 6) is -0.233. The molecule has 0 aliphatic rings. The highest BCUT2D eigenvalue weighted by molar-refractivity contribution is 7.80. The van der Waals surface area contributed by atoms with Crippen molar-refractivity contribution in [2.45, 2.75) is 32.7 Å². The van der Waals surface area contributed by atoms with E-state index in [4.69, 9.17) is 18.0 Å². The van der Waals surface area contributed by atoms with Gasteiger partial charge in [0, 0.05) is 23.5 Å². The van der Waals surface area contributed by atoms with Crippen molar-refractivity contribution in [2.24, 2.45) is 5.73 Å². The van der Waals surface area contributed by atoms with Crippen LogP contribution in [-0.2, 0) is 4.79 Å². The molecule has 1 amide bonds. The van der Waals surface area contributed by atoms with Crippen molar-refractivity contribution in [3.05, 3.63) is 64.1 Å². The Kier molecular flexibility index (Phi) is 5.87. The number of nitrogens with one attached hydrogen (secondary N) is 1. The molecule has 0 saturated carbocycles. The lowest BCUT2D eigenvalue weighted by molar-refractivity contribution is -0.119. The highest BCUT2D eigenvalue weighted by atomic mass is 32.1. The van der Waals surface area contributed by atoms with E-state index in [1.165, 1.54) is 10.6 Å². The number of nitrogens with zero attached hydrogens (tertiary/aromatic N) is 1. The minimum Gasteiger partial charge on any atom is -0.389 e. The van der Waals surface area contributed by atoms with Crippen LogP contribution in [0.1, 0.15) is 36.9 Å². The van der Waals surface area contributed by atoms with Gasteiger partial charge in [0.25, 0.3) is 5.56 Å². The van der Waals surface area contributed by atoms with Gasteiger partial charge in [-0.25, -0.2) is 0 Å². The van der Waals surface area contributed by atoms with Gasteiger partial charge in [-0.05, 0) is 37.1 Å². The van der Waals surface area contributed by atoms with Gasteiger partial charge in [0.05, 0.1) is 0 Å². The van der Waals surface area contributed by atoms with Crippen LogP contribution >= 0.6 is 12.2 Å². The molecule has 1 heterocycles. The molecule has 0 fully saturated rings. The van der Waals surface area contributed by atoms with E-state index in [0.29, 0.717) is 17.7 Å². The van der Waals surface area contributed by atoms with Crippen LogP contribution in [0.5, 0.6) is 0 Å². The fourth-order valence-electron chi connectivity index (χ4n) is 2.49. The summed E-state index contributed by atoms with van der Waals surface area (Å²) in [7, 11) is 0. The van der Waals surface area contributed by atoms with Gasteiger partial charge in [-0.15, -0.1) is 0 Å². The molecule has 0 spiro atoms. The van der Waals surface area contributed by atoms with Gasteiger partial charge in [0.15, 0.2) is 0 Å². The SMILES string of the molecule is CCCC(C(=O)Nc1cccc(C(N)=S)c1)n1ccc(C)cc1=O. The van der Waals surface area contributed by atoms with Crippen LogP contribution in [0.3, 0.4) is 0 Å². The molecule has 126 valence electrons. The molecule has 0 aliphatic heterocycles. The van der Waals surface area contributed by atoms with Crippen LogP contribution in [0.15, 0.2) is 47.4 Å². The van der Waals surface area contributed by atoms with Gasteiger partial charge in [-0.2, -0.15) is 0 Å². The monoisotopic (exact) mass is 343 g/mol. The van der Waals surface area contributed by atoms with Crippen molar-refractivity contribution in [1.29, 1.82) is 0 Å². The summed E-state index contributed by atoms with van der Waals surface area (Å²) in [6.45, 7) is 3.83. The summed E-state index contributed by atoms with van der Waals surface area (Å²) in [5, 5.41) is 2.85. The van der Waals surface area contributed by atoms with E-state index in [9.17, 15) is 9.59 Å². The fraction of sp³-hybridized carbons (Fsp3) is 0.278. The zero-order chi connectivity index (χ0) is 17.7. The number of carbonyl (C=O) groups is 1. The third kappa shape index (κ3) is 4.29. The molecule has 1 aromatic carbocycles. The number of rotatable bonds is 6. The molecule has 24 heavy (non-hydrogen) atoms. The van der Waals surface area contributed by atoms with Crippen LogP contribution < -0.4 is 16.6 Å². The van der Waals surface area contributed by atoms with Crippen molar-refractivity contribution < 1.29 is 4.79 Å². The molecule has 0 aliphatic carbocycles.